The molecule has 0 radical (unpaired) electrons. The molecule has 18 nitrogen and oxygen atoms in total. The Morgan fingerprint density at radius 2 is 1.27 bits per heavy atom. The molecular formula is C32H58N7O11S-. The fraction of sp³-hybridized carbons (Fsp3) is 0.781. The topological polar surface area (TPSA) is 299 Å². The maximum Gasteiger partial charge on any atom is 0.245 e. The average molecular weight is 749 g/mol. The van der Waals surface area contributed by atoms with Crippen LogP contribution in [0.5, 0.6) is 0 Å². The minimum atomic E-state index is -1.60. The zero-order valence-corrected chi connectivity index (χ0v) is 30.7. The largest absolute Gasteiger partial charge is 0.789 e. The molecule has 0 saturated carbocycles. The van der Waals surface area contributed by atoms with Crippen molar-refractivity contribution >= 4 is 54.4 Å². The van der Waals surface area contributed by atoms with E-state index in [4.69, 9.17) is 23.5 Å². The van der Waals surface area contributed by atoms with Gasteiger partial charge in [-0.15, -0.1) is 0 Å². The van der Waals surface area contributed by atoms with E-state index in [1.165, 1.54) is 6.92 Å². The molecule has 51 heavy (non-hydrogen) atoms. The number of carbonyl (C=O) groups excluding carboxylic acids is 7. The predicted octanol–water partition coefficient (Wildman–Crippen LogP) is -3.88. The van der Waals surface area contributed by atoms with E-state index in [-0.39, 0.29) is 30.5 Å². The summed E-state index contributed by atoms with van der Waals surface area (Å²) in [7, 11) is 0. The van der Waals surface area contributed by atoms with Crippen LogP contribution in [0.25, 0.3) is 0 Å². The van der Waals surface area contributed by atoms with Crippen LogP contribution in [0, 0.1) is 5.92 Å². The normalized spacial score (nSPS) is 15.9. The lowest BCUT2D eigenvalue weighted by atomic mass is 10.0. The van der Waals surface area contributed by atoms with Gasteiger partial charge in [0.2, 0.25) is 35.4 Å². The summed E-state index contributed by atoms with van der Waals surface area (Å²) in [6, 6.07) is -8.39. The zero-order valence-electron chi connectivity index (χ0n) is 29.9. The molecule has 0 aromatic carbocycles. The summed E-state index contributed by atoms with van der Waals surface area (Å²) in [5.41, 5.74) is 5.50. The van der Waals surface area contributed by atoms with Crippen LogP contribution >= 0.6 is 0 Å². The van der Waals surface area contributed by atoms with Crippen molar-refractivity contribution in [2.45, 2.75) is 127 Å². The molecule has 0 aromatic heterocycles. The van der Waals surface area contributed by atoms with E-state index in [1.54, 1.807) is 13.8 Å². The second-order valence-electron chi connectivity index (χ2n) is 12.6. The smallest absolute Gasteiger partial charge is 0.245 e. The van der Waals surface area contributed by atoms with Gasteiger partial charge in [0.15, 0.2) is 0 Å². The molecular weight excluding hydrogens is 690 g/mol. The molecule has 0 unspecified atom stereocenters. The number of rotatable bonds is 27. The molecule has 294 valence electrons. The third-order valence-electron chi connectivity index (χ3n) is 7.86. The molecule has 19 heteroatoms. The first-order valence-electron chi connectivity index (χ1n) is 17.2. The maximum atomic E-state index is 13.4. The summed E-state index contributed by atoms with van der Waals surface area (Å²) in [6.07, 6.45) is 3.12. The molecule has 8 atom stereocenters. The highest BCUT2D eigenvalue weighted by atomic mass is 32.1. The predicted molar refractivity (Wildman–Crippen MR) is 188 cm³/mol. The first-order chi connectivity index (χ1) is 24.1. The van der Waals surface area contributed by atoms with Gasteiger partial charge in [-0.2, -0.15) is 5.25 Å². The van der Waals surface area contributed by atoms with Crippen molar-refractivity contribution in [1.82, 2.24) is 31.9 Å². The highest BCUT2D eigenvalue weighted by molar-refractivity contribution is 7.59. The van der Waals surface area contributed by atoms with Gasteiger partial charge < -0.3 is 75.5 Å². The van der Waals surface area contributed by atoms with Crippen molar-refractivity contribution in [2.24, 2.45) is 11.7 Å². The number of amides is 6. The Balaban J connectivity index is 5.73. The van der Waals surface area contributed by atoms with Crippen molar-refractivity contribution in [3.8, 4) is 0 Å². The zero-order chi connectivity index (χ0) is 39.1. The number of hydrogen-bond donors (Lipinski definition) is 11. The fourth-order valence-corrected chi connectivity index (χ4v) is 4.75. The SMILES string of the molecule is CC[C@H]([S-])CCCCC(=O)NCCCC[C@H](NC(=O)[C@@H](NC(=O)[C@@H](N)CO)[C@@H](C)O)C(=O)N[C@@H](CO)C(=O)N[C@H](C(=O)N[C@H](C=O)CO)C(C)C. The Kier molecular flexibility index (Phi) is 24.7. The van der Waals surface area contributed by atoms with E-state index in [9.17, 15) is 48.9 Å². The fourth-order valence-electron chi connectivity index (χ4n) is 4.58. The molecule has 0 aliphatic heterocycles. The van der Waals surface area contributed by atoms with Gasteiger partial charge in [0.05, 0.1) is 25.9 Å². The van der Waals surface area contributed by atoms with E-state index >= 15 is 0 Å². The van der Waals surface area contributed by atoms with Crippen molar-refractivity contribution in [1.29, 1.82) is 0 Å². The van der Waals surface area contributed by atoms with Crippen LogP contribution in [0.3, 0.4) is 0 Å². The van der Waals surface area contributed by atoms with E-state index in [1.807, 2.05) is 6.92 Å². The number of hydrogen-bond acceptors (Lipinski definition) is 13. The lowest BCUT2D eigenvalue weighted by molar-refractivity contribution is -0.137. The van der Waals surface area contributed by atoms with Crippen molar-refractivity contribution in [2.75, 3.05) is 26.4 Å². The van der Waals surface area contributed by atoms with E-state index < -0.39 is 97.6 Å². The lowest BCUT2D eigenvalue weighted by Crippen LogP contribution is -2.61. The third-order valence-corrected chi connectivity index (χ3v) is 8.43. The molecule has 6 amide bonds. The van der Waals surface area contributed by atoms with E-state index in [0.29, 0.717) is 25.5 Å². The third kappa shape index (κ3) is 19.2. The second-order valence-corrected chi connectivity index (χ2v) is 13.3. The second kappa shape index (κ2) is 26.4. The van der Waals surface area contributed by atoms with Crippen LogP contribution in [0.15, 0.2) is 0 Å². The van der Waals surface area contributed by atoms with Gasteiger partial charge in [-0.25, -0.2) is 0 Å². The van der Waals surface area contributed by atoms with Gasteiger partial charge in [0, 0.05) is 13.0 Å². The molecule has 0 aliphatic carbocycles. The van der Waals surface area contributed by atoms with Crippen molar-refractivity contribution in [3.05, 3.63) is 0 Å². The number of aldehydes is 1. The standard InChI is InChI=1S/C32H59N7O11S/c1-5-21(51)10-6-7-12-25(45)34-13-9-8-11-23(36-32(50)27(19(4)44)39-28(46)22(33)16-42)29(47)37-24(17-43)30(48)38-26(18(2)3)31(49)35-20(14-40)15-41/h14,18-24,26-27,41-44,51H,5-13,15-17,33H2,1-4H3,(H,34,45)(H,35,49)(H,36,50)(H,37,47)(H,38,48)(H,39,46)/p-1/t19-,20-,21+,22+,23+,24+,26+,27+/m1/s1. The van der Waals surface area contributed by atoms with Gasteiger partial charge >= 0.3 is 0 Å². The Morgan fingerprint density at radius 3 is 1.80 bits per heavy atom. The number of carbonyl (C=O) groups is 7. The van der Waals surface area contributed by atoms with Gasteiger partial charge in [-0.05, 0) is 38.5 Å². The van der Waals surface area contributed by atoms with Crippen LogP contribution in [-0.2, 0) is 46.2 Å². The van der Waals surface area contributed by atoms with Gasteiger partial charge in [0.25, 0.3) is 0 Å². The summed E-state index contributed by atoms with van der Waals surface area (Å²) < 4.78 is 0. The van der Waals surface area contributed by atoms with Crippen molar-refractivity contribution in [3.63, 3.8) is 0 Å². The average Bonchev–Trinajstić information content (AvgIpc) is 3.10. The van der Waals surface area contributed by atoms with E-state index in [2.05, 4.69) is 31.9 Å². The molecule has 12 N–H and O–H groups in total. The Morgan fingerprint density at radius 1 is 0.706 bits per heavy atom. The molecule has 0 rings (SSSR count). The van der Waals surface area contributed by atoms with Crippen LogP contribution in [0.4, 0.5) is 0 Å². The highest BCUT2D eigenvalue weighted by Gasteiger charge is 2.34. The molecule has 0 fully saturated rings. The number of aliphatic hydroxyl groups excluding tert-OH is 4. The first-order valence-corrected chi connectivity index (χ1v) is 17.7. The summed E-state index contributed by atoms with van der Waals surface area (Å²) in [5.74, 6) is -5.28. The minimum Gasteiger partial charge on any atom is -0.789 e. The van der Waals surface area contributed by atoms with Crippen LogP contribution in [0.1, 0.15) is 79.1 Å². The maximum absolute atomic E-state index is 13.4. The van der Waals surface area contributed by atoms with Crippen LogP contribution < -0.4 is 37.6 Å². The highest BCUT2D eigenvalue weighted by Crippen LogP contribution is 2.08. The van der Waals surface area contributed by atoms with Gasteiger partial charge in [0.1, 0.15) is 42.5 Å². The monoisotopic (exact) mass is 748 g/mol. The Bertz CT molecular complexity index is 1120. The molecule has 0 bridgehead atoms. The van der Waals surface area contributed by atoms with Crippen LogP contribution in [0.2, 0.25) is 0 Å². The molecule has 0 aromatic rings. The number of nitrogens with one attached hydrogen (secondary N) is 6. The van der Waals surface area contributed by atoms with E-state index in [0.717, 1.165) is 19.3 Å². The number of nitrogens with two attached hydrogens (primary N) is 1. The minimum absolute atomic E-state index is 0.0354. The molecule has 0 aliphatic rings. The first kappa shape index (κ1) is 47.6. The summed E-state index contributed by atoms with van der Waals surface area (Å²) in [4.78, 5) is 87.9. The summed E-state index contributed by atoms with van der Waals surface area (Å²) >= 11 is 5.28. The van der Waals surface area contributed by atoms with Crippen molar-refractivity contribution < 1.29 is 54.0 Å². The number of unbranched alkanes of at least 4 members (excludes halogenated alkanes) is 2. The number of aliphatic hydroxyl groups is 4. The molecule has 0 saturated heterocycles. The lowest BCUT2D eigenvalue weighted by Gasteiger charge is -2.28. The van der Waals surface area contributed by atoms with Gasteiger partial charge in [-0.3, -0.25) is 28.8 Å². The molecule has 0 spiro atoms. The van der Waals surface area contributed by atoms with Gasteiger partial charge in [-0.1, -0.05) is 40.0 Å². The molecule has 0 heterocycles. The van der Waals surface area contributed by atoms with Crippen LogP contribution in [-0.4, -0.2) is 136 Å². The Hall–Kier alpha value is -3.36. The summed E-state index contributed by atoms with van der Waals surface area (Å²) in [6.45, 7) is 4.35. The Labute approximate surface area is 304 Å². The summed E-state index contributed by atoms with van der Waals surface area (Å²) in [5, 5.41) is 53.2. The quantitative estimate of drug-likeness (QED) is 0.0218.